The average Bonchev–Trinajstić information content (AvgIpc) is 3.29. The molecule has 6 nitrogen and oxygen atoms in total. The van der Waals surface area contributed by atoms with Gasteiger partial charge in [-0.25, -0.2) is 0 Å². The smallest absolute Gasteiger partial charge is 0.306 e. The molecular formula is C58H102O6. The number of esters is 3. The molecule has 0 N–H and O–H groups in total. The van der Waals surface area contributed by atoms with Crippen molar-refractivity contribution in [2.45, 2.75) is 277 Å². The third kappa shape index (κ3) is 50.1. The molecule has 0 rings (SSSR count). The van der Waals surface area contributed by atoms with Gasteiger partial charge in [-0.15, -0.1) is 0 Å². The molecule has 0 aliphatic carbocycles. The molecule has 0 bridgehead atoms. The lowest BCUT2D eigenvalue weighted by molar-refractivity contribution is -0.166. The Kier molecular flexibility index (Phi) is 50.4. The van der Waals surface area contributed by atoms with Gasteiger partial charge in [0.25, 0.3) is 0 Å². The maximum atomic E-state index is 12.8. The molecule has 0 spiro atoms. The summed E-state index contributed by atoms with van der Waals surface area (Å²) in [6, 6.07) is 0. The Hall–Kier alpha value is -2.89. The van der Waals surface area contributed by atoms with Crippen LogP contribution in [0, 0.1) is 0 Å². The Balaban J connectivity index is 4.42. The Morgan fingerprint density at radius 2 is 0.641 bits per heavy atom. The average molecular weight is 895 g/mol. The Morgan fingerprint density at radius 3 is 1.05 bits per heavy atom. The summed E-state index contributed by atoms with van der Waals surface area (Å²) in [5, 5.41) is 0. The van der Waals surface area contributed by atoms with E-state index in [-0.39, 0.29) is 37.5 Å². The third-order valence-electron chi connectivity index (χ3n) is 11.8. The van der Waals surface area contributed by atoms with Crippen LogP contribution >= 0.6 is 0 Å². The highest BCUT2D eigenvalue weighted by molar-refractivity contribution is 5.71. The minimum absolute atomic E-state index is 0.0971. The molecule has 0 aliphatic heterocycles. The van der Waals surface area contributed by atoms with Crippen molar-refractivity contribution < 1.29 is 28.6 Å². The van der Waals surface area contributed by atoms with Crippen LogP contribution in [-0.4, -0.2) is 37.2 Å². The molecule has 370 valence electrons. The fourth-order valence-electron chi connectivity index (χ4n) is 7.69. The molecule has 0 amide bonds. The van der Waals surface area contributed by atoms with E-state index in [1.807, 2.05) is 6.08 Å². The van der Waals surface area contributed by atoms with Crippen LogP contribution in [0.3, 0.4) is 0 Å². The van der Waals surface area contributed by atoms with E-state index in [9.17, 15) is 14.4 Å². The first-order valence-corrected chi connectivity index (χ1v) is 27.3. The van der Waals surface area contributed by atoms with E-state index in [0.717, 1.165) is 77.0 Å². The SMILES string of the molecule is CC/C=C\C/C=C\C/C=C\C/C=C\CCC(=O)OCC(COC(=O)CCCCCCCCCCCCCCCCCCC)OC(=O)CCCCCCC/C=C\CCCCCCCCC. The van der Waals surface area contributed by atoms with E-state index < -0.39 is 6.10 Å². The van der Waals surface area contributed by atoms with Crippen LogP contribution < -0.4 is 0 Å². The van der Waals surface area contributed by atoms with Gasteiger partial charge in [-0.3, -0.25) is 14.4 Å². The fraction of sp³-hybridized carbons (Fsp3) is 0.776. The van der Waals surface area contributed by atoms with Crippen LogP contribution in [0.1, 0.15) is 271 Å². The van der Waals surface area contributed by atoms with E-state index in [0.29, 0.717) is 19.3 Å². The maximum absolute atomic E-state index is 12.8. The zero-order chi connectivity index (χ0) is 46.5. The van der Waals surface area contributed by atoms with Crippen molar-refractivity contribution in [3.05, 3.63) is 60.8 Å². The van der Waals surface area contributed by atoms with Crippen molar-refractivity contribution in [2.75, 3.05) is 13.2 Å². The van der Waals surface area contributed by atoms with Gasteiger partial charge in [-0.2, -0.15) is 0 Å². The highest BCUT2D eigenvalue weighted by atomic mass is 16.6. The van der Waals surface area contributed by atoms with Crippen molar-refractivity contribution in [3.63, 3.8) is 0 Å². The normalized spacial score (nSPS) is 12.5. The van der Waals surface area contributed by atoms with E-state index in [4.69, 9.17) is 14.2 Å². The van der Waals surface area contributed by atoms with Crippen LogP contribution in [0.4, 0.5) is 0 Å². The number of carbonyl (C=O) groups is 3. The van der Waals surface area contributed by atoms with Crippen LogP contribution in [0.15, 0.2) is 60.8 Å². The molecule has 1 unspecified atom stereocenters. The zero-order valence-corrected chi connectivity index (χ0v) is 42.3. The summed E-state index contributed by atoms with van der Waals surface area (Å²) in [7, 11) is 0. The van der Waals surface area contributed by atoms with E-state index in [1.165, 1.54) is 148 Å². The van der Waals surface area contributed by atoms with Gasteiger partial charge in [0, 0.05) is 19.3 Å². The highest BCUT2D eigenvalue weighted by Gasteiger charge is 2.19. The molecule has 1 atom stereocenters. The summed E-state index contributed by atoms with van der Waals surface area (Å²) >= 11 is 0. The molecular weight excluding hydrogens is 793 g/mol. The summed E-state index contributed by atoms with van der Waals surface area (Å²) < 4.78 is 16.8. The van der Waals surface area contributed by atoms with Crippen molar-refractivity contribution >= 4 is 17.9 Å². The standard InChI is InChI=1S/C58H102O6/c1-4-7-10-13-16-19-22-25-27-29-31-33-36-39-42-45-48-51-57(60)63-54-55(53-62-56(59)50-47-44-41-38-35-32-24-21-18-15-12-9-6-3)64-58(61)52-49-46-43-40-37-34-30-28-26-23-20-17-14-11-8-5-2/h9,12,18,21,28,30,32,35,41,44,55H,4-8,10-11,13-17,19-20,22-27,29,31,33-34,36-40,42-43,45-54H2,1-3H3/b12-9-,21-18-,30-28-,35-32-,44-41-. The van der Waals surface area contributed by atoms with Crippen molar-refractivity contribution in [3.8, 4) is 0 Å². The maximum Gasteiger partial charge on any atom is 0.306 e. The predicted octanol–water partition coefficient (Wildman–Crippen LogP) is 18.0. The third-order valence-corrected chi connectivity index (χ3v) is 11.8. The molecule has 0 saturated heterocycles. The summed E-state index contributed by atoms with van der Waals surface area (Å²) in [6.45, 7) is 6.47. The number of hydrogen-bond acceptors (Lipinski definition) is 6. The lowest BCUT2D eigenvalue weighted by atomic mass is 10.0. The molecule has 0 radical (unpaired) electrons. The molecule has 0 aromatic carbocycles. The number of rotatable bonds is 49. The van der Waals surface area contributed by atoms with Gasteiger partial charge in [0.15, 0.2) is 6.10 Å². The largest absolute Gasteiger partial charge is 0.462 e. The van der Waals surface area contributed by atoms with Crippen LogP contribution in [0.25, 0.3) is 0 Å². The molecule has 0 aromatic rings. The van der Waals surface area contributed by atoms with E-state index >= 15 is 0 Å². The Bertz CT molecular complexity index is 1170. The number of hydrogen-bond donors (Lipinski definition) is 0. The molecule has 0 saturated carbocycles. The monoisotopic (exact) mass is 895 g/mol. The first kappa shape index (κ1) is 61.1. The van der Waals surface area contributed by atoms with Crippen LogP contribution in [0.5, 0.6) is 0 Å². The second-order valence-electron chi connectivity index (χ2n) is 18.1. The summed E-state index contributed by atoms with van der Waals surface area (Å²) in [5.41, 5.74) is 0. The van der Waals surface area contributed by atoms with E-state index in [2.05, 4.69) is 75.5 Å². The summed E-state index contributed by atoms with van der Waals surface area (Å²) in [4.78, 5) is 38.0. The van der Waals surface area contributed by atoms with Crippen LogP contribution in [-0.2, 0) is 28.6 Å². The van der Waals surface area contributed by atoms with E-state index in [1.54, 1.807) is 0 Å². The molecule has 64 heavy (non-hydrogen) atoms. The molecule has 0 aliphatic rings. The Morgan fingerprint density at radius 1 is 0.328 bits per heavy atom. The van der Waals surface area contributed by atoms with Crippen molar-refractivity contribution in [2.24, 2.45) is 0 Å². The fourth-order valence-corrected chi connectivity index (χ4v) is 7.69. The predicted molar refractivity (Wildman–Crippen MR) is 275 cm³/mol. The highest BCUT2D eigenvalue weighted by Crippen LogP contribution is 2.16. The minimum atomic E-state index is -0.804. The van der Waals surface area contributed by atoms with Crippen molar-refractivity contribution in [1.82, 2.24) is 0 Å². The lowest BCUT2D eigenvalue weighted by Crippen LogP contribution is -2.30. The van der Waals surface area contributed by atoms with Gasteiger partial charge in [0.05, 0.1) is 0 Å². The van der Waals surface area contributed by atoms with Gasteiger partial charge in [-0.1, -0.05) is 242 Å². The lowest BCUT2D eigenvalue weighted by Gasteiger charge is -2.18. The van der Waals surface area contributed by atoms with Gasteiger partial charge < -0.3 is 14.2 Å². The van der Waals surface area contributed by atoms with Gasteiger partial charge in [-0.05, 0) is 70.6 Å². The number of ether oxygens (including phenoxy) is 3. The summed E-state index contributed by atoms with van der Waals surface area (Å²) in [5.74, 6) is -0.982. The first-order chi connectivity index (χ1) is 31.5. The van der Waals surface area contributed by atoms with Crippen molar-refractivity contribution in [1.29, 1.82) is 0 Å². The quantitative estimate of drug-likeness (QED) is 0.0262. The molecule has 6 heteroatoms. The molecule has 0 aromatic heterocycles. The van der Waals surface area contributed by atoms with Gasteiger partial charge >= 0.3 is 17.9 Å². The second kappa shape index (κ2) is 52.7. The zero-order valence-electron chi connectivity index (χ0n) is 42.3. The number of carbonyl (C=O) groups excluding carboxylic acids is 3. The molecule has 0 fully saturated rings. The Labute approximate surface area is 396 Å². The minimum Gasteiger partial charge on any atom is -0.462 e. The second-order valence-corrected chi connectivity index (χ2v) is 18.1. The molecule has 0 heterocycles. The first-order valence-electron chi connectivity index (χ1n) is 27.3. The topological polar surface area (TPSA) is 78.9 Å². The summed E-state index contributed by atoms with van der Waals surface area (Å²) in [6.07, 6.45) is 65.1. The van der Waals surface area contributed by atoms with Gasteiger partial charge in [0.2, 0.25) is 0 Å². The number of allylic oxidation sites excluding steroid dienone is 10. The number of unbranched alkanes of at least 4 members (excludes halogenated alkanes) is 28. The van der Waals surface area contributed by atoms with Crippen LogP contribution in [0.2, 0.25) is 0 Å². The van der Waals surface area contributed by atoms with Gasteiger partial charge in [0.1, 0.15) is 13.2 Å².